The van der Waals surface area contributed by atoms with Crippen LogP contribution < -0.4 is 4.74 Å². The Hall–Kier alpha value is -0.980. The fourth-order valence-electron chi connectivity index (χ4n) is 3.92. The molecule has 0 aromatic heterocycles. The molecule has 17 heavy (non-hydrogen) atoms. The van der Waals surface area contributed by atoms with Gasteiger partial charge in [-0.15, -0.1) is 0 Å². The highest BCUT2D eigenvalue weighted by molar-refractivity contribution is 5.22. The van der Waals surface area contributed by atoms with Gasteiger partial charge in [0.05, 0.1) is 0 Å². The largest absolute Gasteiger partial charge is 0.490 e. The minimum atomic E-state index is 0.341. The summed E-state index contributed by atoms with van der Waals surface area (Å²) in [5, 5.41) is 0. The molecule has 3 atom stereocenters. The Labute approximate surface area is 104 Å². The van der Waals surface area contributed by atoms with Gasteiger partial charge in [-0.1, -0.05) is 32.9 Å². The molecule has 1 nitrogen and oxygen atoms in total. The first kappa shape index (κ1) is 11.1. The maximum atomic E-state index is 6.22. The molecule has 3 unspecified atom stereocenters. The zero-order chi connectivity index (χ0) is 12.1. The second-order valence-electron chi connectivity index (χ2n) is 6.46. The van der Waals surface area contributed by atoms with Crippen LogP contribution in [0.4, 0.5) is 0 Å². The molecule has 2 fully saturated rings. The molecule has 2 saturated carbocycles. The van der Waals surface area contributed by atoms with Crippen molar-refractivity contribution in [2.24, 2.45) is 16.7 Å². The van der Waals surface area contributed by atoms with E-state index in [2.05, 4.69) is 26.8 Å². The van der Waals surface area contributed by atoms with Crippen molar-refractivity contribution in [2.45, 2.75) is 46.1 Å². The van der Waals surface area contributed by atoms with E-state index in [9.17, 15) is 0 Å². The molecule has 1 heteroatoms. The monoisotopic (exact) mass is 229 g/mol. The van der Waals surface area contributed by atoms with E-state index in [1.807, 2.05) is 24.3 Å². The SMILES string of the molecule is CC1(C)C2CCC1(C)C(Oc1c[c]ccc1)C2. The molecule has 0 saturated heterocycles. The van der Waals surface area contributed by atoms with Crippen molar-refractivity contribution in [1.82, 2.24) is 0 Å². The highest BCUT2D eigenvalue weighted by atomic mass is 16.5. The van der Waals surface area contributed by atoms with Crippen molar-refractivity contribution in [1.29, 1.82) is 0 Å². The molecule has 91 valence electrons. The van der Waals surface area contributed by atoms with Crippen LogP contribution in [0.15, 0.2) is 24.3 Å². The van der Waals surface area contributed by atoms with Crippen LogP contribution in [-0.2, 0) is 0 Å². The van der Waals surface area contributed by atoms with E-state index in [-0.39, 0.29) is 0 Å². The van der Waals surface area contributed by atoms with Gasteiger partial charge in [-0.25, -0.2) is 0 Å². The summed E-state index contributed by atoms with van der Waals surface area (Å²) >= 11 is 0. The van der Waals surface area contributed by atoms with Crippen molar-refractivity contribution in [3.05, 3.63) is 30.3 Å². The molecule has 2 aliphatic carbocycles. The van der Waals surface area contributed by atoms with Crippen molar-refractivity contribution in [2.75, 3.05) is 0 Å². The molecular weight excluding hydrogens is 208 g/mol. The second-order valence-corrected chi connectivity index (χ2v) is 6.46. The number of rotatable bonds is 2. The predicted octanol–water partition coefficient (Wildman–Crippen LogP) is 4.08. The standard InChI is InChI=1S/C16H21O/c1-15(2)12-9-10-16(15,3)14(11-12)17-13-7-5-4-6-8-13/h4-5,7-8,12,14H,9-11H2,1-3H3. The van der Waals surface area contributed by atoms with Crippen LogP contribution >= 0.6 is 0 Å². The number of hydrogen-bond donors (Lipinski definition) is 0. The van der Waals surface area contributed by atoms with Crippen LogP contribution in [0.25, 0.3) is 0 Å². The van der Waals surface area contributed by atoms with Gasteiger partial charge in [0, 0.05) is 5.41 Å². The van der Waals surface area contributed by atoms with E-state index in [4.69, 9.17) is 4.74 Å². The summed E-state index contributed by atoms with van der Waals surface area (Å²) in [4.78, 5) is 0. The van der Waals surface area contributed by atoms with Crippen LogP contribution in [0, 0.1) is 22.8 Å². The zero-order valence-electron chi connectivity index (χ0n) is 11.0. The Morgan fingerprint density at radius 3 is 2.71 bits per heavy atom. The van der Waals surface area contributed by atoms with Crippen molar-refractivity contribution in [3.8, 4) is 5.75 Å². The Kier molecular flexibility index (Phi) is 2.30. The van der Waals surface area contributed by atoms with Crippen molar-refractivity contribution in [3.63, 3.8) is 0 Å². The van der Waals surface area contributed by atoms with Crippen LogP contribution in [0.3, 0.4) is 0 Å². The van der Waals surface area contributed by atoms with E-state index in [1.54, 1.807) is 0 Å². The molecule has 2 bridgehead atoms. The van der Waals surface area contributed by atoms with Gasteiger partial charge in [-0.3, -0.25) is 0 Å². The summed E-state index contributed by atoms with van der Waals surface area (Å²) in [7, 11) is 0. The number of hydrogen-bond acceptors (Lipinski definition) is 1. The fourth-order valence-corrected chi connectivity index (χ4v) is 3.92. The number of fused-ring (bicyclic) bond motifs is 2. The van der Waals surface area contributed by atoms with Gasteiger partial charge in [-0.2, -0.15) is 0 Å². The van der Waals surface area contributed by atoms with E-state index < -0.39 is 0 Å². The minimum absolute atomic E-state index is 0.341. The third kappa shape index (κ3) is 1.44. The van der Waals surface area contributed by atoms with Gasteiger partial charge in [-0.05, 0) is 48.8 Å². The highest BCUT2D eigenvalue weighted by Gasteiger charge is 2.62. The average Bonchev–Trinajstić information content (AvgIpc) is 2.63. The smallest absolute Gasteiger partial charge is 0.120 e. The molecule has 0 amide bonds. The lowest BCUT2D eigenvalue weighted by Gasteiger charge is -2.38. The molecular formula is C16H21O. The first-order valence-electron chi connectivity index (χ1n) is 6.67. The molecule has 1 radical (unpaired) electrons. The molecule has 3 rings (SSSR count). The summed E-state index contributed by atoms with van der Waals surface area (Å²) in [6.07, 6.45) is 4.29. The van der Waals surface area contributed by atoms with Crippen LogP contribution in [0.1, 0.15) is 40.0 Å². The van der Waals surface area contributed by atoms with Gasteiger partial charge >= 0.3 is 0 Å². The maximum Gasteiger partial charge on any atom is 0.120 e. The lowest BCUT2D eigenvalue weighted by atomic mass is 9.70. The normalized spacial score (nSPS) is 38.3. The third-order valence-electron chi connectivity index (χ3n) is 5.67. The summed E-state index contributed by atoms with van der Waals surface area (Å²) < 4.78 is 6.22. The lowest BCUT2D eigenvalue weighted by Crippen LogP contribution is -2.38. The van der Waals surface area contributed by atoms with Gasteiger partial charge in [0.2, 0.25) is 0 Å². The summed E-state index contributed by atoms with van der Waals surface area (Å²) in [6.45, 7) is 7.26. The Balaban J connectivity index is 1.83. The fraction of sp³-hybridized carbons (Fsp3) is 0.625. The number of ether oxygens (including phenoxy) is 1. The van der Waals surface area contributed by atoms with E-state index in [1.165, 1.54) is 19.3 Å². The summed E-state index contributed by atoms with van der Waals surface area (Å²) in [5.74, 6) is 1.81. The minimum Gasteiger partial charge on any atom is -0.490 e. The average molecular weight is 229 g/mol. The Morgan fingerprint density at radius 2 is 2.18 bits per heavy atom. The van der Waals surface area contributed by atoms with E-state index in [0.717, 1.165) is 11.7 Å². The second kappa shape index (κ2) is 3.51. The first-order valence-corrected chi connectivity index (χ1v) is 6.67. The van der Waals surface area contributed by atoms with Crippen molar-refractivity contribution < 1.29 is 4.74 Å². The predicted molar refractivity (Wildman–Crippen MR) is 68.9 cm³/mol. The molecule has 0 aliphatic heterocycles. The van der Waals surface area contributed by atoms with Crippen LogP contribution in [0.5, 0.6) is 5.75 Å². The molecule has 0 N–H and O–H groups in total. The van der Waals surface area contributed by atoms with E-state index >= 15 is 0 Å². The van der Waals surface area contributed by atoms with E-state index in [0.29, 0.717) is 16.9 Å². The Bertz CT molecular complexity index is 409. The molecule has 0 spiro atoms. The Morgan fingerprint density at radius 1 is 1.35 bits per heavy atom. The van der Waals surface area contributed by atoms with Crippen molar-refractivity contribution >= 4 is 0 Å². The van der Waals surface area contributed by atoms with Gasteiger partial charge < -0.3 is 4.74 Å². The van der Waals surface area contributed by atoms with Crippen LogP contribution in [-0.4, -0.2) is 6.10 Å². The maximum absolute atomic E-state index is 6.22. The summed E-state index contributed by atoms with van der Waals surface area (Å²) in [5.41, 5.74) is 0.768. The zero-order valence-corrected chi connectivity index (χ0v) is 11.0. The molecule has 1 aromatic carbocycles. The highest BCUT2D eigenvalue weighted by Crippen LogP contribution is 2.66. The quantitative estimate of drug-likeness (QED) is 0.742. The first-order chi connectivity index (χ1) is 8.04. The molecule has 2 aliphatic rings. The molecule has 0 heterocycles. The lowest BCUT2D eigenvalue weighted by molar-refractivity contribution is 0.0301. The topological polar surface area (TPSA) is 9.23 Å². The third-order valence-corrected chi connectivity index (χ3v) is 5.67. The van der Waals surface area contributed by atoms with Gasteiger partial charge in [0.15, 0.2) is 0 Å². The number of benzene rings is 1. The molecule has 1 aromatic rings. The van der Waals surface area contributed by atoms with Gasteiger partial charge in [0.25, 0.3) is 0 Å². The van der Waals surface area contributed by atoms with Gasteiger partial charge in [0.1, 0.15) is 11.9 Å². The summed E-state index contributed by atoms with van der Waals surface area (Å²) in [6, 6.07) is 11.0. The van der Waals surface area contributed by atoms with Crippen LogP contribution in [0.2, 0.25) is 0 Å².